The van der Waals surface area contributed by atoms with E-state index in [4.69, 9.17) is 9.84 Å². The van der Waals surface area contributed by atoms with Crippen molar-refractivity contribution in [1.82, 2.24) is 24.6 Å². The number of carboxylic acids is 1. The van der Waals surface area contributed by atoms with Crippen LogP contribution in [0.1, 0.15) is 28.3 Å². The standard InChI is InChI=1S/C18H25N5O4/c1-11-8-12(2)20-18(19-11)23-14(4)15(13(3)21-23)9-16(24)22(6-7-27-5)10-17(25)26/h8H,6-7,9-10H2,1-5H3,(H,25,26). The maximum Gasteiger partial charge on any atom is 0.323 e. The Hall–Kier alpha value is -2.81. The molecule has 2 aromatic rings. The zero-order chi connectivity index (χ0) is 20.1. The number of methoxy groups -OCH3 is 1. The van der Waals surface area contributed by atoms with E-state index in [-0.39, 0.29) is 32.0 Å². The van der Waals surface area contributed by atoms with Gasteiger partial charge in [-0.3, -0.25) is 9.59 Å². The van der Waals surface area contributed by atoms with Gasteiger partial charge in [0.15, 0.2) is 0 Å². The predicted octanol–water partition coefficient (Wildman–Crippen LogP) is 0.998. The van der Waals surface area contributed by atoms with Gasteiger partial charge in [-0.1, -0.05) is 0 Å². The first kappa shape index (κ1) is 20.5. The lowest BCUT2D eigenvalue weighted by Gasteiger charge is -2.20. The van der Waals surface area contributed by atoms with E-state index in [2.05, 4.69) is 15.1 Å². The van der Waals surface area contributed by atoms with Gasteiger partial charge in [-0.15, -0.1) is 0 Å². The molecule has 27 heavy (non-hydrogen) atoms. The molecule has 0 aromatic carbocycles. The number of ether oxygens (including phenoxy) is 1. The molecule has 1 N–H and O–H groups in total. The smallest absolute Gasteiger partial charge is 0.323 e. The Morgan fingerprint density at radius 3 is 2.37 bits per heavy atom. The third kappa shape index (κ3) is 5.10. The van der Waals surface area contributed by atoms with Crippen LogP contribution in [-0.2, 0) is 20.7 Å². The van der Waals surface area contributed by atoms with Crippen molar-refractivity contribution in [3.8, 4) is 5.95 Å². The minimum Gasteiger partial charge on any atom is -0.480 e. The van der Waals surface area contributed by atoms with E-state index in [9.17, 15) is 9.59 Å². The Balaban J connectivity index is 2.29. The lowest BCUT2D eigenvalue weighted by atomic mass is 10.1. The highest BCUT2D eigenvalue weighted by atomic mass is 16.5. The van der Waals surface area contributed by atoms with E-state index in [0.29, 0.717) is 11.6 Å². The van der Waals surface area contributed by atoms with Gasteiger partial charge in [-0.05, 0) is 33.8 Å². The molecule has 9 heteroatoms. The molecule has 0 spiro atoms. The number of carbonyl (C=O) groups excluding carboxylic acids is 1. The predicted molar refractivity (Wildman–Crippen MR) is 97.9 cm³/mol. The van der Waals surface area contributed by atoms with E-state index in [1.165, 1.54) is 12.0 Å². The van der Waals surface area contributed by atoms with Crippen molar-refractivity contribution in [3.63, 3.8) is 0 Å². The number of amides is 1. The van der Waals surface area contributed by atoms with Gasteiger partial charge >= 0.3 is 5.97 Å². The van der Waals surface area contributed by atoms with Crippen LogP contribution in [-0.4, -0.2) is 68.4 Å². The minimum atomic E-state index is -1.06. The third-order valence-electron chi connectivity index (χ3n) is 4.17. The first-order valence-corrected chi connectivity index (χ1v) is 8.59. The highest BCUT2D eigenvalue weighted by Crippen LogP contribution is 2.18. The second kappa shape index (κ2) is 8.72. The Morgan fingerprint density at radius 1 is 1.19 bits per heavy atom. The maximum atomic E-state index is 12.7. The first-order valence-electron chi connectivity index (χ1n) is 8.59. The fraction of sp³-hybridized carbons (Fsp3) is 0.500. The van der Waals surface area contributed by atoms with Crippen molar-refractivity contribution in [3.05, 3.63) is 34.4 Å². The van der Waals surface area contributed by atoms with Crippen molar-refractivity contribution in [2.75, 3.05) is 26.8 Å². The van der Waals surface area contributed by atoms with E-state index >= 15 is 0 Å². The number of aliphatic carboxylic acids is 1. The van der Waals surface area contributed by atoms with Crippen molar-refractivity contribution >= 4 is 11.9 Å². The van der Waals surface area contributed by atoms with Crippen LogP contribution in [0.2, 0.25) is 0 Å². The summed E-state index contributed by atoms with van der Waals surface area (Å²) < 4.78 is 6.59. The highest BCUT2D eigenvalue weighted by Gasteiger charge is 2.22. The molecule has 1 amide bonds. The second-order valence-corrected chi connectivity index (χ2v) is 6.39. The third-order valence-corrected chi connectivity index (χ3v) is 4.17. The summed E-state index contributed by atoms with van der Waals surface area (Å²) in [5, 5.41) is 13.5. The van der Waals surface area contributed by atoms with E-state index in [1.807, 2.05) is 33.8 Å². The highest BCUT2D eigenvalue weighted by molar-refractivity contribution is 5.83. The molecule has 0 aliphatic carbocycles. The Bertz CT molecular complexity index is 826. The largest absolute Gasteiger partial charge is 0.480 e. The Labute approximate surface area is 158 Å². The van der Waals surface area contributed by atoms with E-state index in [1.54, 1.807) is 4.68 Å². The molecule has 2 heterocycles. The summed E-state index contributed by atoms with van der Waals surface area (Å²) in [7, 11) is 1.51. The lowest BCUT2D eigenvalue weighted by Crippen LogP contribution is -2.39. The molecule has 0 saturated carbocycles. The van der Waals surface area contributed by atoms with Crippen LogP contribution in [0.4, 0.5) is 0 Å². The first-order chi connectivity index (χ1) is 12.7. The number of aromatic nitrogens is 4. The molecule has 0 atom stereocenters. The monoisotopic (exact) mass is 375 g/mol. The van der Waals surface area contributed by atoms with Gasteiger partial charge in [0.1, 0.15) is 6.54 Å². The zero-order valence-corrected chi connectivity index (χ0v) is 16.3. The van der Waals surface area contributed by atoms with Gasteiger partial charge in [0, 0.05) is 36.3 Å². The molecule has 146 valence electrons. The lowest BCUT2D eigenvalue weighted by molar-refractivity contribution is -0.144. The summed E-state index contributed by atoms with van der Waals surface area (Å²) in [5.41, 5.74) is 3.85. The molecule has 0 aliphatic rings. The average molecular weight is 375 g/mol. The van der Waals surface area contributed by atoms with Crippen molar-refractivity contribution in [2.24, 2.45) is 0 Å². The summed E-state index contributed by atoms with van der Waals surface area (Å²) in [5.74, 6) is -0.901. The number of carbonyl (C=O) groups is 2. The van der Waals surface area contributed by atoms with Crippen LogP contribution < -0.4 is 0 Å². The maximum absolute atomic E-state index is 12.7. The number of aryl methyl sites for hydroxylation is 3. The van der Waals surface area contributed by atoms with Crippen LogP contribution in [0.25, 0.3) is 5.95 Å². The molecule has 0 fully saturated rings. The van der Waals surface area contributed by atoms with Gasteiger partial charge in [-0.25, -0.2) is 14.6 Å². The fourth-order valence-electron chi connectivity index (χ4n) is 2.85. The van der Waals surface area contributed by atoms with Crippen LogP contribution >= 0.6 is 0 Å². The molecular formula is C18H25N5O4. The minimum absolute atomic E-state index is 0.0550. The molecule has 0 unspecified atom stereocenters. The van der Waals surface area contributed by atoms with Crippen molar-refractivity contribution in [1.29, 1.82) is 0 Å². The molecule has 0 bridgehead atoms. The quantitative estimate of drug-likeness (QED) is 0.733. The number of hydrogen-bond acceptors (Lipinski definition) is 6. The fourth-order valence-corrected chi connectivity index (χ4v) is 2.85. The van der Waals surface area contributed by atoms with Crippen LogP contribution in [0.5, 0.6) is 0 Å². The molecular weight excluding hydrogens is 350 g/mol. The van der Waals surface area contributed by atoms with E-state index in [0.717, 1.165) is 22.6 Å². The summed E-state index contributed by atoms with van der Waals surface area (Å²) in [6, 6.07) is 1.87. The van der Waals surface area contributed by atoms with Gasteiger partial charge in [-0.2, -0.15) is 5.10 Å². The van der Waals surface area contributed by atoms with Gasteiger partial charge in [0.25, 0.3) is 5.95 Å². The number of carboxylic acid groups (broad SMARTS) is 1. The SMILES string of the molecule is COCCN(CC(=O)O)C(=O)Cc1c(C)nn(-c2nc(C)cc(C)n2)c1C. The Morgan fingerprint density at radius 2 is 1.81 bits per heavy atom. The second-order valence-electron chi connectivity index (χ2n) is 6.39. The molecule has 0 aliphatic heterocycles. The normalized spacial score (nSPS) is 10.9. The van der Waals surface area contributed by atoms with Crippen LogP contribution in [0.15, 0.2) is 6.07 Å². The summed E-state index contributed by atoms with van der Waals surface area (Å²) in [6.07, 6.45) is 0.0550. The summed E-state index contributed by atoms with van der Waals surface area (Å²) >= 11 is 0. The number of rotatable bonds is 8. The van der Waals surface area contributed by atoms with Gasteiger partial charge in [0.05, 0.1) is 18.7 Å². The van der Waals surface area contributed by atoms with E-state index < -0.39 is 5.97 Å². The summed E-state index contributed by atoms with van der Waals surface area (Å²) in [6.45, 7) is 7.54. The number of hydrogen-bond donors (Lipinski definition) is 1. The molecule has 0 saturated heterocycles. The average Bonchev–Trinajstić information content (AvgIpc) is 2.85. The molecule has 9 nitrogen and oxygen atoms in total. The van der Waals surface area contributed by atoms with Crippen LogP contribution in [0.3, 0.4) is 0 Å². The van der Waals surface area contributed by atoms with Crippen LogP contribution in [0, 0.1) is 27.7 Å². The van der Waals surface area contributed by atoms with Crippen molar-refractivity contribution in [2.45, 2.75) is 34.1 Å². The molecule has 2 aromatic heterocycles. The summed E-state index contributed by atoms with van der Waals surface area (Å²) in [4.78, 5) is 33.8. The van der Waals surface area contributed by atoms with Gasteiger partial charge < -0.3 is 14.7 Å². The van der Waals surface area contributed by atoms with Crippen molar-refractivity contribution < 1.29 is 19.4 Å². The topological polar surface area (TPSA) is 110 Å². The molecule has 0 radical (unpaired) electrons. The Kier molecular flexibility index (Phi) is 6.62. The van der Waals surface area contributed by atoms with Gasteiger partial charge in [0.2, 0.25) is 5.91 Å². The molecule has 2 rings (SSSR count). The number of nitrogens with zero attached hydrogens (tertiary/aromatic N) is 5. The zero-order valence-electron chi connectivity index (χ0n) is 16.3.